The minimum absolute atomic E-state index is 0.0903. The largest absolute Gasteiger partial charge is 0.462 e. The van der Waals surface area contributed by atoms with Crippen molar-refractivity contribution in [3.63, 3.8) is 0 Å². The number of ether oxygens (including phenoxy) is 3. The highest BCUT2D eigenvalue weighted by Gasteiger charge is 2.19. The Morgan fingerprint density at radius 3 is 1.16 bits per heavy atom. The molecule has 0 spiro atoms. The van der Waals surface area contributed by atoms with E-state index in [1.165, 1.54) is 103 Å². The zero-order chi connectivity index (χ0) is 42.3. The van der Waals surface area contributed by atoms with E-state index >= 15 is 0 Å². The van der Waals surface area contributed by atoms with Crippen molar-refractivity contribution in [2.45, 2.75) is 239 Å². The summed E-state index contributed by atoms with van der Waals surface area (Å²) in [6.45, 7) is 6.43. The van der Waals surface area contributed by atoms with E-state index in [9.17, 15) is 14.4 Å². The molecule has 0 bridgehead atoms. The summed E-state index contributed by atoms with van der Waals surface area (Å²) >= 11 is 0. The van der Waals surface area contributed by atoms with E-state index in [1.807, 2.05) is 0 Å². The van der Waals surface area contributed by atoms with Crippen molar-refractivity contribution in [3.05, 3.63) is 60.8 Å². The number of rotatable bonds is 43. The molecule has 6 nitrogen and oxygen atoms in total. The van der Waals surface area contributed by atoms with Crippen LogP contribution in [-0.2, 0) is 28.6 Å². The van der Waals surface area contributed by atoms with E-state index in [-0.39, 0.29) is 31.1 Å². The summed E-state index contributed by atoms with van der Waals surface area (Å²) in [7, 11) is 0. The van der Waals surface area contributed by atoms with Gasteiger partial charge in [-0.2, -0.15) is 0 Å². The Kier molecular flexibility index (Phi) is 44.5. The first-order chi connectivity index (χ1) is 28.5. The molecule has 334 valence electrons. The van der Waals surface area contributed by atoms with Gasteiger partial charge in [0.25, 0.3) is 0 Å². The van der Waals surface area contributed by atoms with E-state index in [1.54, 1.807) is 0 Å². The van der Waals surface area contributed by atoms with Crippen molar-refractivity contribution in [1.29, 1.82) is 0 Å². The van der Waals surface area contributed by atoms with Crippen LogP contribution in [0, 0.1) is 0 Å². The van der Waals surface area contributed by atoms with E-state index in [0.29, 0.717) is 25.7 Å². The molecule has 58 heavy (non-hydrogen) atoms. The maximum absolute atomic E-state index is 12.7. The molecule has 0 aromatic carbocycles. The van der Waals surface area contributed by atoms with Gasteiger partial charge in [0.15, 0.2) is 6.10 Å². The quantitative estimate of drug-likeness (QED) is 0.0264. The second kappa shape index (κ2) is 46.8. The number of hydrogen-bond donors (Lipinski definition) is 0. The molecule has 0 aliphatic rings. The lowest BCUT2D eigenvalue weighted by molar-refractivity contribution is -0.167. The minimum Gasteiger partial charge on any atom is -0.462 e. The van der Waals surface area contributed by atoms with Crippen molar-refractivity contribution in [1.82, 2.24) is 0 Å². The third kappa shape index (κ3) is 44.2. The van der Waals surface area contributed by atoms with Crippen LogP contribution in [0.1, 0.15) is 233 Å². The SMILES string of the molecule is CC/C=C\C/C=C\CCCCCCCCCC(=O)OC(COC(=O)CCC/C=C\CCCCCC)COC(=O)CCCCCCCCC/C=C\C/C=C\CCCCC. The molecule has 0 aromatic heterocycles. The highest BCUT2D eigenvalue weighted by Crippen LogP contribution is 2.14. The topological polar surface area (TPSA) is 78.9 Å². The lowest BCUT2D eigenvalue weighted by Crippen LogP contribution is -2.30. The molecule has 1 atom stereocenters. The zero-order valence-corrected chi connectivity index (χ0v) is 38.0. The fraction of sp³-hybridized carbons (Fsp3) is 0.750. The first kappa shape index (κ1) is 55.1. The normalized spacial score (nSPS) is 12.5. The molecule has 0 rings (SSSR count). The maximum atomic E-state index is 12.7. The average Bonchev–Trinajstić information content (AvgIpc) is 3.22. The van der Waals surface area contributed by atoms with Gasteiger partial charge in [-0.25, -0.2) is 0 Å². The molecule has 0 fully saturated rings. The monoisotopic (exact) mass is 811 g/mol. The van der Waals surface area contributed by atoms with Crippen LogP contribution in [0.5, 0.6) is 0 Å². The van der Waals surface area contributed by atoms with Gasteiger partial charge in [0.05, 0.1) is 0 Å². The van der Waals surface area contributed by atoms with Crippen LogP contribution in [0.25, 0.3) is 0 Å². The Morgan fingerprint density at radius 2 is 0.690 bits per heavy atom. The first-order valence-electron chi connectivity index (χ1n) is 24.3. The Labute approximate surface area is 358 Å². The van der Waals surface area contributed by atoms with Gasteiger partial charge in [-0.1, -0.05) is 178 Å². The van der Waals surface area contributed by atoms with Crippen LogP contribution in [0.4, 0.5) is 0 Å². The van der Waals surface area contributed by atoms with Gasteiger partial charge in [0.1, 0.15) is 13.2 Å². The summed E-state index contributed by atoms with van der Waals surface area (Å²) < 4.78 is 16.7. The van der Waals surface area contributed by atoms with E-state index in [2.05, 4.69) is 81.5 Å². The molecule has 1 unspecified atom stereocenters. The van der Waals surface area contributed by atoms with Crippen LogP contribution in [0.2, 0.25) is 0 Å². The Bertz CT molecular complexity index is 1070. The van der Waals surface area contributed by atoms with Gasteiger partial charge >= 0.3 is 17.9 Å². The number of unbranched alkanes of at least 4 members (excludes halogenated alkanes) is 22. The van der Waals surface area contributed by atoms with Gasteiger partial charge in [-0.3, -0.25) is 14.4 Å². The second-order valence-corrected chi connectivity index (χ2v) is 16.0. The molecule has 0 aliphatic carbocycles. The van der Waals surface area contributed by atoms with Gasteiger partial charge in [-0.05, 0) is 96.3 Å². The summed E-state index contributed by atoms with van der Waals surface area (Å²) in [6.07, 6.45) is 56.4. The molecule has 0 radical (unpaired) electrons. The number of allylic oxidation sites excluding steroid dienone is 10. The maximum Gasteiger partial charge on any atom is 0.306 e. The number of carbonyl (C=O) groups excluding carboxylic acids is 3. The molecule has 0 aromatic rings. The molecule has 0 heterocycles. The minimum atomic E-state index is -0.790. The van der Waals surface area contributed by atoms with Gasteiger partial charge in [-0.15, -0.1) is 0 Å². The smallest absolute Gasteiger partial charge is 0.306 e. The third-order valence-electron chi connectivity index (χ3n) is 10.2. The van der Waals surface area contributed by atoms with Crippen molar-refractivity contribution in [3.8, 4) is 0 Å². The highest BCUT2D eigenvalue weighted by atomic mass is 16.6. The predicted octanol–water partition coefficient (Wildman–Crippen LogP) is 15.7. The number of esters is 3. The molecule has 0 aliphatic heterocycles. The van der Waals surface area contributed by atoms with Crippen LogP contribution < -0.4 is 0 Å². The van der Waals surface area contributed by atoms with Crippen LogP contribution in [0.15, 0.2) is 60.8 Å². The second-order valence-electron chi connectivity index (χ2n) is 16.0. The van der Waals surface area contributed by atoms with Crippen molar-refractivity contribution >= 4 is 17.9 Å². The van der Waals surface area contributed by atoms with Crippen molar-refractivity contribution in [2.24, 2.45) is 0 Å². The molecule has 6 heteroatoms. The zero-order valence-electron chi connectivity index (χ0n) is 38.0. The standard InChI is InChI=1S/C52H90O6/c1-4-7-10-13-16-19-21-23-25-26-27-29-30-33-36-39-42-45-51(54)57-48-49(47-56-50(53)44-41-38-35-32-18-15-12-9-6-3)58-52(55)46-43-40-37-34-31-28-24-22-20-17-14-11-8-5-2/h8,11,16-17,19-20,23,25,32,35,49H,4-7,9-10,12-15,18,21-22,24,26-31,33-34,36-48H2,1-3H3/b11-8-,19-16-,20-17-,25-23-,35-32-. The first-order valence-corrected chi connectivity index (χ1v) is 24.3. The summed E-state index contributed by atoms with van der Waals surface area (Å²) in [6, 6.07) is 0. The lowest BCUT2D eigenvalue weighted by atomic mass is 10.1. The number of carbonyl (C=O) groups is 3. The number of hydrogen-bond acceptors (Lipinski definition) is 6. The van der Waals surface area contributed by atoms with Crippen LogP contribution in [-0.4, -0.2) is 37.2 Å². The summed E-state index contributed by atoms with van der Waals surface area (Å²) in [5, 5.41) is 0. The van der Waals surface area contributed by atoms with Crippen molar-refractivity contribution in [2.75, 3.05) is 13.2 Å². The average molecular weight is 811 g/mol. The van der Waals surface area contributed by atoms with Gasteiger partial charge in [0.2, 0.25) is 0 Å². The van der Waals surface area contributed by atoms with Crippen molar-refractivity contribution < 1.29 is 28.6 Å². The molecule has 0 saturated carbocycles. The lowest BCUT2D eigenvalue weighted by Gasteiger charge is -2.18. The van der Waals surface area contributed by atoms with E-state index < -0.39 is 6.10 Å². The van der Waals surface area contributed by atoms with Crippen LogP contribution in [0.3, 0.4) is 0 Å². The molecule has 0 amide bonds. The van der Waals surface area contributed by atoms with E-state index in [0.717, 1.165) is 83.5 Å². The van der Waals surface area contributed by atoms with E-state index in [4.69, 9.17) is 14.2 Å². The van der Waals surface area contributed by atoms with Gasteiger partial charge < -0.3 is 14.2 Å². The fourth-order valence-corrected chi connectivity index (χ4v) is 6.57. The molecular formula is C52H90O6. The third-order valence-corrected chi connectivity index (χ3v) is 10.2. The molecular weight excluding hydrogens is 721 g/mol. The van der Waals surface area contributed by atoms with Gasteiger partial charge in [0, 0.05) is 19.3 Å². The Morgan fingerprint density at radius 1 is 0.362 bits per heavy atom. The summed E-state index contributed by atoms with van der Waals surface area (Å²) in [5.74, 6) is -0.944. The Balaban J connectivity index is 4.37. The Hall–Kier alpha value is -2.89. The highest BCUT2D eigenvalue weighted by molar-refractivity contribution is 5.71. The van der Waals surface area contributed by atoms with Crippen LogP contribution >= 0.6 is 0 Å². The summed E-state index contributed by atoms with van der Waals surface area (Å²) in [5.41, 5.74) is 0. The predicted molar refractivity (Wildman–Crippen MR) is 247 cm³/mol. The molecule has 0 N–H and O–H groups in total. The fourth-order valence-electron chi connectivity index (χ4n) is 6.57. The summed E-state index contributed by atoms with van der Waals surface area (Å²) in [4.78, 5) is 37.8. The molecule has 0 saturated heterocycles.